The number of amides is 2. The third-order valence-electron chi connectivity index (χ3n) is 3.02. The fourth-order valence-corrected chi connectivity index (χ4v) is 2.07. The molecule has 0 bridgehead atoms. The van der Waals surface area contributed by atoms with Crippen molar-refractivity contribution in [3.8, 4) is 0 Å². The molecule has 0 spiro atoms. The van der Waals surface area contributed by atoms with Crippen LogP contribution in [0.4, 0.5) is 10.1 Å². The molecule has 0 aliphatic carbocycles. The van der Waals surface area contributed by atoms with Crippen LogP contribution in [0.5, 0.6) is 0 Å². The number of nitrogens with one attached hydrogen (secondary N) is 1. The Kier molecular flexibility index (Phi) is 3.80. The summed E-state index contributed by atoms with van der Waals surface area (Å²) in [6.45, 7) is 2.41. The number of hydrogen-bond donors (Lipinski definition) is 2. The predicted molar refractivity (Wildman–Crippen MR) is 69.0 cm³/mol. The van der Waals surface area contributed by atoms with Crippen LogP contribution in [0.25, 0.3) is 0 Å². The van der Waals surface area contributed by atoms with Crippen molar-refractivity contribution >= 4 is 17.5 Å². The highest BCUT2D eigenvalue weighted by Crippen LogP contribution is 2.34. The lowest BCUT2D eigenvalue weighted by atomic mass is 10.1. The van der Waals surface area contributed by atoms with Crippen molar-refractivity contribution in [1.82, 2.24) is 5.32 Å². The Bertz CT molecular complexity index is 519. The zero-order valence-corrected chi connectivity index (χ0v) is 10.6. The average molecular weight is 265 g/mol. The van der Waals surface area contributed by atoms with Gasteiger partial charge in [0.2, 0.25) is 11.8 Å². The summed E-state index contributed by atoms with van der Waals surface area (Å²) in [5.41, 5.74) is 6.66. The second-order valence-corrected chi connectivity index (χ2v) is 4.46. The summed E-state index contributed by atoms with van der Waals surface area (Å²) >= 11 is 0. The van der Waals surface area contributed by atoms with E-state index >= 15 is 0 Å². The second kappa shape index (κ2) is 5.36. The van der Waals surface area contributed by atoms with Crippen LogP contribution >= 0.6 is 0 Å². The number of nitrogens with two attached hydrogens (primary N) is 1. The lowest BCUT2D eigenvalue weighted by molar-refractivity contribution is -0.124. The van der Waals surface area contributed by atoms with Crippen molar-refractivity contribution in [2.75, 3.05) is 18.0 Å². The standard InChI is InChI=1S/C13H16FN3O2/c1-2-5-16-11(18)7-17-10-4-3-8(14)6-9(10)12(15)13(17)19/h3-4,6,12H,2,5,7,15H2,1H3,(H,16,18). The number of hydrogen-bond acceptors (Lipinski definition) is 3. The van der Waals surface area contributed by atoms with E-state index in [4.69, 9.17) is 5.73 Å². The van der Waals surface area contributed by atoms with Crippen LogP contribution in [0.2, 0.25) is 0 Å². The molecule has 0 radical (unpaired) electrons. The minimum atomic E-state index is -0.898. The van der Waals surface area contributed by atoms with Crippen molar-refractivity contribution < 1.29 is 14.0 Å². The van der Waals surface area contributed by atoms with Gasteiger partial charge in [0.1, 0.15) is 18.4 Å². The van der Waals surface area contributed by atoms with E-state index in [0.29, 0.717) is 17.8 Å². The summed E-state index contributed by atoms with van der Waals surface area (Å²) in [5, 5.41) is 2.69. The van der Waals surface area contributed by atoms with Crippen molar-refractivity contribution in [3.63, 3.8) is 0 Å². The summed E-state index contributed by atoms with van der Waals surface area (Å²) < 4.78 is 13.2. The van der Waals surface area contributed by atoms with E-state index in [1.165, 1.54) is 23.1 Å². The highest BCUT2D eigenvalue weighted by atomic mass is 19.1. The quantitative estimate of drug-likeness (QED) is 0.841. The molecule has 1 atom stereocenters. The highest BCUT2D eigenvalue weighted by Gasteiger charge is 2.35. The van der Waals surface area contributed by atoms with E-state index in [0.717, 1.165) is 6.42 Å². The van der Waals surface area contributed by atoms with Gasteiger partial charge >= 0.3 is 0 Å². The van der Waals surface area contributed by atoms with Crippen LogP contribution in [0.15, 0.2) is 18.2 Å². The van der Waals surface area contributed by atoms with Gasteiger partial charge in [-0.25, -0.2) is 4.39 Å². The van der Waals surface area contributed by atoms with E-state index in [2.05, 4.69) is 5.32 Å². The zero-order chi connectivity index (χ0) is 14.0. The number of anilines is 1. The van der Waals surface area contributed by atoms with E-state index in [1.807, 2.05) is 6.92 Å². The van der Waals surface area contributed by atoms with Crippen LogP contribution in [-0.2, 0) is 9.59 Å². The van der Waals surface area contributed by atoms with Crippen LogP contribution in [0.1, 0.15) is 24.9 Å². The van der Waals surface area contributed by atoms with Gasteiger partial charge < -0.3 is 16.0 Å². The molecule has 3 N–H and O–H groups in total. The first kappa shape index (κ1) is 13.5. The Morgan fingerprint density at radius 2 is 2.26 bits per heavy atom. The van der Waals surface area contributed by atoms with Crippen LogP contribution in [-0.4, -0.2) is 24.9 Å². The molecule has 2 amide bonds. The number of carbonyl (C=O) groups excluding carboxylic acids is 2. The van der Waals surface area contributed by atoms with Crippen molar-refractivity contribution in [2.24, 2.45) is 5.73 Å². The summed E-state index contributed by atoms with van der Waals surface area (Å²) in [6, 6.07) is 3.07. The summed E-state index contributed by atoms with van der Waals surface area (Å²) in [5.74, 6) is -1.08. The third-order valence-corrected chi connectivity index (χ3v) is 3.02. The fraction of sp³-hybridized carbons (Fsp3) is 0.385. The highest BCUT2D eigenvalue weighted by molar-refractivity contribution is 6.07. The number of carbonyl (C=O) groups is 2. The number of rotatable bonds is 4. The van der Waals surface area contributed by atoms with Gasteiger partial charge in [0, 0.05) is 17.8 Å². The lowest BCUT2D eigenvalue weighted by Crippen LogP contribution is -2.40. The maximum absolute atomic E-state index is 13.2. The van der Waals surface area contributed by atoms with Gasteiger partial charge in [0.05, 0.1) is 0 Å². The third kappa shape index (κ3) is 2.58. The Morgan fingerprint density at radius 3 is 2.95 bits per heavy atom. The van der Waals surface area contributed by atoms with E-state index in [-0.39, 0.29) is 18.4 Å². The van der Waals surface area contributed by atoms with E-state index < -0.39 is 11.9 Å². The largest absolute Gasteiger partial charge is 0.355 e. The van der Waals surface area contributed by atoms with Crippen molar-refractivity contribution in [1.29, 1.82) is 0 Å². The summed E-state index contributed by atoms with van der Waals surface area (Å²) in [4.78, 5) is 24.9. The van der Waals surface area contributed by atoms with E-state index in [1.54, 1.807) is 0 Å². The molecule has 1 heterocycles. The molecule has 6 heteroatoms. The van der Waals surface area contributed by atoms with Gasteiger partial charge in [0.25, 0.3) is 0 Å². The van der Waals surface area contributed by atoms with Gasteiger partial charge in [-0.05, 0) is 24.6 Å². The molecule has 1 aromatic rings. The molecule has 102 valence electrons. The monoisotopic (exact) mass is 265 g/mol. The number of fused-ring (bicyclic) bond motifs is 1. The first-order valence-electron chi connectivity index (χ1n) is 6.17. The molecule has 1 aliphatic rings. The molecule has 19 heavy (non-hydrogen) atoms. The number of benzene rings is 1. The second-order valence-electron chi connectivity index (χ2n) is 4.46. The molecular weight excluding hydrogens is 249 g/mol. The van der Waals surface area contributed by atoms with Gasteiger partial charge in [-0.2, -0.15) is 0 Å². The molecule has 0 fully saturated rings. The topological polar surface area (TPSA) is 75.4 Å². The van der Waals surface area contributed by atoms with Crippen LogP contribution in [0, 0.1) is 5.82 Å². The molecular formula is C13H16FN3O2. The molecule has 1 aromatic carbocycles. The predicted octanol–water partition coefficient (Wildman–Crippen LogP) is 0.698. The maximum Gasteiger partial charge on any atom is 0.249 e. The normalized spacial score (nSPS) is 17.5. The summed E-state index contributed by atoms with van der Waals surface area (Å²) in [7, 11) is 0. The average Bonchev–Trinajstić information content (AvgIpc) is 2.61. The first-order valence-corrected chi connectivity index (χ1v) is 6.17. The van der Waals surface area contributed by atoms with Gasteiger partial charge in [-0.3, -0.25) is 9.59 Å². The van der Waals surface area contributed by atoms with Gasteiger partial charge in [-0.1, -0.05) is 6.92 Å². The zero-order valence-electron chi connectivity index (χ0n) is 10.6. The Balaban J connectivity index is 2.19. The lowest BCUT2D eigenvalue weighted by Gasteiger charge is -2.17. The molecule has 1 aliphatic heterocycles. The SMILES string of the molecule is CCCNC(=O)CN1C(=O)C(N)c2cc(F)ccc21. The van der Waals surface area contributed by atoms with Crippen molar-refractivity contribution in [2.45, 2.75) is 19.4 Å². The Morgan fingerprint density at radius 1 is 1.53 bits per heavy atom. The summed E-state index contributed by atoms with van der Waals surface area (Å²) in [6.07, 6.45) is 0.820. The van der Waals surface area contributed by atoms with E-state index in [9.17, 15) is 14.0 Å². The Hall–Kier alpha value is -1.95. The molecule has 0 saturated heterocycles. The van der Waals surface area contributed by atoms with Gasteiger partial charge in [0.15, 0.2) is 0 Å². The molecule has 2 rings (SSSR count). The molecule has 5 nitrogen and oxygen atoms in total. The minimum absolute atomic E-state index is 0.0921. The van der Waals surface area contributed by atoms with Gasteiger partial charge in [-0.15, -0.1) is 0 Å². The maximum atomic E-state index is 13.2. The minimum Gasteiger partial charge on any atom is -0.355 e. The fourth-order valence-electron chi connectivity index (χ4n) is 2.07. The van der Waals surface area contributed by atoms with Crippen molar-refractivity contribution in [3.05, 3.63) is 29.6 Å². The first-order chi connectivity index (χ1) is 9.04. The molecule has 1 unspecified atom stereocenters. The van der Waals surface area contributed by atoms with Crippen LogP contribution in [0.3, 0.4) is 0 Å². The smallest absolute Gasteiger partial charge is 0.249 e. The Labute approximate surface area is 110 Å². The molecule has 0 saturated carbocycles. The molecule has 0 aromatic heterocycles. The number of nitrogens with zero attached hydrogens (tertiary/aromatic N) is 1. The number of halogens is 1. The van der Waals surface area contributed by atoms with Crippen LogP contribution < -0.4 is 16.0 Å².